The molecular formula is C17H30N2O4. The van der Waals surface area contributed by atoms with Crippen LogP contribution in [-0.4, -0.2) is 66.8 Å². The predicted molar refractivity (Wildman–Crippen MR) is 87.1 cm³/mol. The summed E-state index contributed by atoms with van der Waals surface area (Å²) in [5.74, 6) is 0.400. The fraction of sp³-hybridized carbons (Fsp3) is 0.882. The van der Waals surface area contributed by atoms with Gasteiger partial charge in [0.05, 0.1) is 0 Å². The number of hydrogen-bond donors (Lipinski definition) is 0. The molecule has 2 atom stereocenters. The van der Waals surface area contributed by atoms with E-state index in [1.54, 1.807) is 12.0 Å². The van der Waals surface area contributed by atoms with E-state index in [1.807, 2.05) is 25.7 Å². The summed E-state index contributed by atoms with van der Waals surface area (Å²) in [7, 11) is 1.55. The van der Waals surface area contributed by atoms with E-state index in [-0.39, 0.29) is 24.6 Å². The first kappa shape index (κ1) is 18.0. The van der Waals surface area contributed by atoms with Gasteiger partial charge in [0.25, 0.3) is 0 Å². The minimum Gasteiger partial charge on any atom is -0.444 e. The number of nitrogens with zero attached hydrogens (tertiary/aromatic N) is 2. The number of likely N-dealkylation sites (tertiary alicyclic amines) is 2. The molecule has 0 radical (unpaired) electrons. The van der Waals surface area contributed by atoms with Gasteiger partial charge in [0, 0.05) is 32.8 Å². The van der Waals surface area contributed by atoms with Crippen LogP contribution in [0.15, 0.2) is 0 Å². The normalized spacial score (nSPS) is 25.6. The molecule has 6 heteroatoms. The van der Waals surface area contributed by atoms with E-state index in [0.717, 1.165) is 32.2 Å². The van der Waals surface area contributed by atoms with E-state index in [9.17, 15) is 9.59 Å². The summed E-state index contributed by atoms with van der Waals surface area (Å²) in [6.45, 7) is 7.97. The maximum Gasteiger partial charge on any atom is 0.410 e. The summed E-state index contributed by atoms with van der Waals surface area (Å²) in [4.78, 5) is 28.2. The van der Waals surface area contributed by atoms with Crippen molar-refractivity contribution in [1.82, 2.24) is 9.80 Å². The molecule has 0 bridgehead atoms. The van der Waals surface area contributed by atoms with E-state index >= 15 is 0 Å². The van der Waals surface area contributed by atoms with Gasteiger partial charge < -0.3 is 19.3 Å². The van der Waals surface area contributed by atoms with Crippen molar-refractivity contribution < 1.29 is 19.1 Å². The van der Waals surface area contributed by atoms with Crippen LogP contribution < -0.4 is 0 Å². The summed E-state index contributed by atoms with van der Waals surface area (Å²) in [5.41, 5.74) is -0.472. The van der Waals surface area contributed by atoms with E-state index < -0.39 is 5.60 Å². The molecule has 2 rings (SSSR count). The van der Waals surface area contributed by atoms with Gasteiger partial charge in [-0.05, 0) is 52.4 Å². The molecule has 2 heterocycles. The van der Waals surface area contributed by atoms with Crippen molar-refractivity contribution in [3.63, 3.8) is 0 Å². The fourth-order valence-corrected chi connectivity index (χ4v) is 3.56. The van der Waals surface area contributed by atoms with Crippen LogP contribution in [0.2, 0.25) is 0 Å². The van der Waals surface area contributed by atoms with E-state index in [0.29, 0.717) is 19.0 Å². The average Bonchev–Trinajstić information content (AvgIpc) is 2.95. The van der Waals surface area contributed by atoms with Crippen LogP contribution >= 0.6 is 0 Å². The highest BCUT2D eigenvalue weighted by atomic mass is 16.6. The zero-order valence-corrected chi connectivity index (χ0v) is 14.8. The smallest absolute Gasteiger partial charge is 0.410 e. The fourth-order valence-electron chi connectivity index (χ4n) is 3.56. The molecule has 2 fully saturated rings. The lowest BCUT2D eigenvalue weighted by Gasteiger charge is -2.39. The molecule has 2 aliphatic heterocycles. The zero-order chi connectivity index (χ0) is 17.0. The van der Waals surface area contributed by atoms with Gasteiger partial charge in [0.15, 0.2) is 0 Å². The number of carbonyl (C=O) groups is 2. The van der Waals surface area contributed by atoms with Crippen LogP contribution in [0, 0.1) is 5.92 Å². The third-order valence-corrected chi connectivity index (χ3v) is 4.56. The largest absolute Gasteiger partial charge is 0.444 e. The van der Waals surface area contributed by atoms with Crippen LogP contribution in [0.25, 0.3) is 0 Å². The number of ether oxygens (including phenoxy) is 2. The minimum absolute atomic E-state index is 0.0629. The van der Waals surface area contributed by atoms with E-state index in [1.165, 1.54) is 0 Å². The van der Waals surface area contributed by atoms with Crippen molar-refractivity contribution in [2.24, 2.45) is 5.92 Å². The van der Waals surface area contributed by atoms with Crippen molar-refractivity contribution in [2.75, 3.05) is 33.4 Å². The Balaban J connectivity index is 1.96. The van der Waals surface area contributed by atoms with Crippen LogP contribution in [0.1, 0.15) is 46.5 Å². The number of piperidine rings is 1. The molecule has 0 N–H and O–H groups in total. The van der Waals surface area contributed by atoms with Gasteiger partial charge in [0.2, 0.25) is 5.91 Å². The zero-order valence-electron chi connectivity index (χ0n) is 14.8. The number of carbonyl (C=O) groups excluding carboxylic acids is 2. The predicted octanol–water partition coefficient (Wildman–Crippen LogP) is 2.27. The molecule has 2 amide bonds. The maximum atomic E-state index is 12.3. The molecule has 2 unspecified atom stereocenters. The second-order valence-corrected chi connectivity index (χ2v) is 7.56. The lowest BCUT2D eigenvalue weighted by Crippen LogP contribution is -2.49. The van der Waals surface area contributed by atoms with E-state index in [2.05, 4.69) is 0 Å². The molecule has 0 aliphatic carbocycles. The highest BCUT2D eigenvalue weighted by Crippen LogP contribution is 2.30. The van der Waals surface area contributed by atoms with Gasteiger partial charge in [0.1, 0.15) is 12.2 Å². The molecule has 2 aliphatic rings. The van der Waals surface area contributed by atoms with Crippen LogP contribution in [0.3, 0.4) is 0 Å². The first-order valence-electron chi connectivity index (χ1n) is 8.58. The summed E-state index contributed by atoms with van der Waals surface area (Å²) in [6, 6.07) is 0.221. The summed E-state index contributed by atoms with van der Waals surface area (Å²) in [6.07, 6.45) is 3.90. The molecule has 0 aromatic heterocycles. The Morgan fingerprint density at radius 2 is 1.87 bits per heavy atom. The first-order valence-corrected chi connectivity index (χ1v) is 8.58. The number of hydrogen-bond acceptors (Lipinski definition) is 4. The van der Waals surface area contributed by atoms with Crippen molar-refractivity contribution in [3.05, 3.63) is 0 Å². The maximum absolute atomic E-state index is 12.3. The highest BCUT2D eigenvalue weighted by molar-refractivity contribution is 5.78. The Kier molecular flexibility index (Phi) is 5.89. The lowest BCUT2D eigenvalue weighted by molar-refractivity contribution is -0.140. The molecule has 0 saturated carbocycles. The highest BCUT2D eigenvalue weighted by Gasteiger charge is 2.38. The molecule has 23 heavy (non-hydrogen) atoms. The molecule has 0 aromatic carbocycles. The molecule has 0 spiro atoms. The number of methoxy groups -OCH3 is 1. The van der Waals surface area contributed by atoms with Gasteiger partial charge >= 0.3 is 6.09 Å². The van der Waals surface area contributed by atoms with Crippen molar-refractivity contribution >= 4 is 12.0 Å². The molecule has 132 valence electrons. The third-order valence-electron chi connectivity index (χ3n) is 4.56. The molecule has 0 aromatic rings. The van der Waals surface area contributed by atoms with Gasteiger partial charge in [-0.2, -0.15) is 0 Å². The SMILES string of the molecule is COCC(=O)N1CCCCC1C1CCN(C(=O)OC(C)(C)C)C1. The van der Waals surface area contributed by atoms with Crippen molar-refractivity contribution in [1.29, 1.82) is 0 Å². The Bertz CT molecular complexity index is 433. The average molecular weight is 326 g/mol. The first-order chi connectivity index (χ1) is 10.8. The Labute approximate surface area is 139 Å². The van der Waals surface area contributed by atoms with Crippen LogP contribution in [-0.2, 0) is 14.3 Å². The van der Waals surface area contributed by atoms with E-state index in [4.69, 9.17) is 9.47 Å². The lowest BCUT2D eigenvalue weighted by atomic mass is 9.89. The number of rotatable bonds is 3. The number of amides is 2. The summed E-state index contributed by atoms with van der Waals surface area (Å²) < 4.78 is 10.5. The van der Waals surface area contributed by atoms with Gasteiger partial charge in [-0.15, -0.1) is 0 Å². The van der Waals surface area contributed by atoms with Gasteiger partial charge in [-0.1, -0.05) is 0 Å². The quantitative estimate of drug-likeness (QED) is 0.798. The Hall–Kier alpha value is -1.30. The second kappa shape index (κ2) is 7.51. The second-order valence-electron chi connectivity index (χ2n) is 7.56. The van der Waals surface area contributed by atoms with Crippen LogP contribution in [0.5, 0.6) is 0 Å². The van der Waals surface area contributed by atoms with Gasteiger partial charge in [-0.25, -0.2) is 4.79 Å². The summed E-state index contributed by atoms with van der Waals surface area (Å²) in [5, 5.41) is 0. The molecule has 2 saturated heterocycles. The molecular weight excluding hydrogens is 296 g/mol. The monoisotopic (exact) mass is 326 g/mol. The Morgan fingerprint density at radius 3 is 2.52 bits per heavy atom. The van der Waals surface area contributed by atoms with Gasteiger partial charge in [-0.3, -0.25) is 4.79 Å². The van der Waals surface area contributed by atoms with Crippen molar-refractivity contribution in [2.45, 2.75) is 58.1 Å². The standard InChI is InChI=1S/C17H30N2O4/c1-17(2,3)23-16(21)18-10-8-13(11-18)14-7-5-6-9-19(14)15(20)12-22-4/h13-14H,5-12H2,1-4H3. The molecule has 6 nitrogen and oxygen atoms in total. The third kappa shape index (κ3) is 4.83. The Morgan fingerprint density at radius 1 is 1.13 bits per heavy atom. The summed E-state index contributed by atoms with van der Waals surface area (Å²) >= 11 is 0. The van der Waals surface area contributed by atoms with Crippen LogP contribution in [0.4, 0.5) is 4.79 Å². The minimum atomic E-state index is -0.472. The topological polar surface area (TPSA) is 59.1 Å². The van der Waals surface area contributed by atoms with Crippen molar-refractivity contribution in [3.8, 4) is 0 Å².